The molecule has 170 valence electrons. The fraction of sp³-hybridized carbons (Fsp3) is 0.391. The molecular formula is C23H26ClF2N5O. The van der Waals surface area contributed by atoms with Crippen molar-refractivity contribution in [2.24, 2.45) is 0 Å². The number of hydrogen-bond donors (Lipinski definition) is 1. The molecule has 1 N–H and O–H groups in total. The highest BCUT2D eigenvalue weighted by atomic mass is 35.5. The summed E-state index contributed by atoms with van der Waals surface area (Å²) in [6, 6.07) is 11.2. The summed E-state index contributed by atoms with van der Waals surface area (Å²) in [5.41, 5.74) is -0.319. The molecule has 1 fully saturated rings. The van der Waals surface area contributed by atoms with Gasteiger partial charge in [-0.25, -0.2) is 18.4 Å². The Bertz CT molecular complexity index is 1030. The van der Waals surface area contributed by atoms with E-state index in [1.165, 1.54) is 35.0 Å². The number of aliphatic hydroxyl groups is 1. The summed E-state index contributed by atoms with van der Waals surface area (Å²) < 4.78 is 29.5. The minimum Gasteiger partial charge on any atom is -0.382 e. The van der Waals surface area contributed by atoms with Crippen LogP contribution < -0.4 is 0 Å². The lowest BCUT2D eigenvalue weighted by Crippen LogP contribution is -2.52. The van der Waals surface area contributed by atoms with Gasteiger partial charge in [-0.15, -0.1) is 0 Å². The van der Waals surface area contributed by atoms with Crippen molar-refractivity contribution in [3.63, 3.8) is 0 Å². The molecule has 32 heavy (non-hydrogen) atoms. The number of piperazine rings is 1. The Kier molecular flexibility index (Phi) is 7.15. The van der Waals surface area contributed by atoms with Gasteiger partial charge in [-0.3, -0.25) is 4.90 Å². The molecule has 1 aliphatic rings. The summed E-state index contributed by atoms with van der Waals surface area (Å²) in [7, 11) is 0. The Morgan fingerprint density at radius 2 is 1.78 bits per heavy atom. The van der Waals surface area contributed by atoms with E-state index in [-0.39, 0.29) is 18.7 Å². The zero-order valence-electron chi connectivity index (χ0n) is 17.7. The maximum absolute atomic E-state index is 14.6. The van der Waals surface area contributed by atoms with Crippen molar-refractivity contribution < 1.29 is 13.9 Å². The highest BCUT2D eigenvalue weighted by molar-refractivity contribution is 6.30. The first-order valence-electron chi connectivity index (χ1n) is 10.6. The molecule has 0 radical (unpaired) electrons. The van der Waals surface area contributed by atoms with Crippen LogP contribution in [0.1, 0.15) is 11.1 Å². The number of rotatable bonds is 8. The van der Waals surface area contributed by atoms with Crippen LogP contribution in [0.5, 0.6) is 0 Å². The van der Waals surface area contributed by atoms with E-state index in [2.05, 4.69) is 25.9 Å². The fourth-order valence-electron chi connectivity index (χ4n) is 4.19. The van der Waals surface area contributed by atoms with Crippen molar-refractivity contribution in [2.45, 2.75) is 18.6 Å². The maximum Gasteiger partial charge on any atom is 0.137 e. The second kappa shape index (κ2) is 10.0. The molecule has 9 heteroatoms. The predicted octanol–water partition coefficient (Wildman–Crippen LogP) is 2.96. The normalized spacial score (nSPS) is 17.4. The van der Waals surface area contributed by atoms with Crippen molar-refractivity contribution in [3.8, 4) is 0 Å². The minimum atomic E-state index is -1.57. The van der Waals surface area contributed by atoms with E-state index in [1.54, 1.807) is 0 Å². The molecule has 3 aromatic rings. The van der Waals surface area contributed by atoms with Gasteiger partial charge in [0.15, 0.2) is 0 Å². The number of β-amino-alcohol motifs (C(OH)–C–C–N with tert-alkyl or cyclic N) is 1. The molecule has 1 aliphatic heterocycles. The molecule has 0 bridgehead atoms. The zero-order valence-corrected chi connectivity index (χ0v) is 18.4. The van der Waals surface area contributed by atoms with Gasteiger partial charge in [0, 0.05) is 55.9 Å². The number of nitrogens with zero attached hydrogens (tertiary/aromatic N) is 5. The van der Waals surface area contributed by atoms with E-state index in [4.69, 9.17) is 11.6 Å². The third kappa shape index (κ3) is 5.69. The van der Waals surface area contributed by atoms with Gasteiger partial charge in [-0.2, -0.15) is 5.10 Å². The molecule has 0 amide bonds. The van der Waals surface area contributed by atoms with E-state index >= 15 is 0 Å². The number of benzene rings is 2. The number of hydrogen-bond acceptors (Lipinski definition) is 5. The van der Waals surface area contributed by atoms with Crippen LogP contribution in [0.15, 0.2) is 55.1 Å². The standard InChI is InChI=1S/C23H26ClF2N5O/c24-19-3-1-2-18(12-19)6-7-29-8-10-30(11-9-29)14-23(32,15-31-17-27-16-28-31)21-5-4-20(25)13-22(21)26/h1-5,12-13,16-17,32H,6-11,14-15H2. The Morgan fingerprint density at radius 1 is 1.00 bits per heavy atom. The lowest BCUT2D eigenvalue weighted by atomic mass is 9.92. The van der Waals surface area contributed by atoms with E-state index in [9.17, 15) is 13.9 Å². The maximum atomic E-state index is 14.6. The average molecular weight is 462 g/mol. The van der Waals surface area contributed by atoms with Gasteiger partial charge < -0.3 is 10.0 Å². The second-order valence-electron chi connectivity index (χ2n) is 8.25. The van der Waals surface area contributed by atoms with Crippen LogP contribution in [0, 0.1) is 11.6 Å². The lowest BCUT2D eigenvalue weighted by molar-refractivity contribution is -0.0317. The van der Waals surface area contributed by atoms with E-state index in [1.807, 2.05) is 18.2 Å². The van der Waals surface area contributed by atoms with Crippen molar-refractivity contribution in [1.29, 1.82) is 0 Å². The van der Waals surface area contributed by atoms with E-state index in [0.717, 1.165) is 50.2 Å². The lowest BCUT2D eigenvalue weighted by Gasteiger charge is -2.39. The van der Waals surface area contributed by atoms with Gasteiger partial charge in [-0.05, 0) is 30.2 Å². The summed E-state index contributed by atoms with van der Waals surface area (Å²) >= 11 is 6.07. The Balaban J connectivity index is 1.39. The van der Waals surface area contributed by atoms with Crippen LogP contribution in [0.25, 0.3) is 0 Å². The molecule has 1 aromatic heterocycles. The summed E-state index contributed by atoms with van der Waals surface area (Å²) in [4.78, 5) is 8.38. The van der Waals surface area contributed by atoms with Gasteiger partial charge in [0.05, 0.1) is 6.54 Å². The van der Waals surface area contributed by atoms with Gasteiger partial charge >= 0.3 is 0 Å². The average Bonchev–Trinajstić information content (AvgIpc) is 3.26. The van der Waals surface area contributed by atoms with E-state index < -0.39 is 17.2 Å². The van der Waals surface area contributed by atoms with Crippen LogP contribution in [-0.2, 0) is 18.6 Å². The van der Waals surface area contributed by atoms with Crippen molar-refractivity contribution in [2.75, 3.05) is 39.3 Å². The molecule has 1 saturated heterocycles. The molecule has 0 saturated carbocycles. The highest BCUT2D eigenvalue weighted by Gasteiger charge is 2.36. The molecule has 0 spiro atoms. The Hall–Kier alpha value is -2.39. The van der Waals surface area contributed by atoms with Crippen LogP contribution in [0.3, 0.4) is 0 Å². The molecule has 6 nitrogen and oxygen atoms in total. The summed E-state index contributed by atoms with van der Waals surface area (Å²) in [6.45, 7) is 4.29. The highest BCUT2D eigenvalue weighted by Crippen LogP contribution is 2.28. The first-order valence-corrected chi connectivity index (χ1v) is 11.0. The largest absolute Gasteiger partial charge is 0.382 e. The monoisotopic (exact) mass is 461 g/mol. The Labute approximate surface area is 191 Å². The van der Waals surface area contributed by atoms with E-state index in [0.29, 0.717) is 0 Å². The molecule has 2 aromatic carbocycles. The topological polar surface area (TPSA) is 57.4 Å². The van der Waals surface area contributed by atoms with Crippen molar-refractivity contribution >= 4 is 11.6 Å². The number of halogens is 3. The van der Waals surface area contributed by atoms with Crippen molar-refractivity contribution in [3.05, 3.63) is 82.9 Å². The molecule has 1 atom stereocenters. The summed E-state index contributed by atoms with van der Waals surface area (Å²) in [6.07, 6.45) is 3.75. The van der Waals surface area contributed by atoms with Crippen LogP contribution in [0.4, 0.5) is 8.78 Å². The molecular weight excluding hydrogens is 436 g/mol. The quantitative estimate of drug-likeness (QED) is 0.559. The first-order chi connectivity index (χ1) is 15.4. The Morgan fingerprint density at radius 3 is 2.47 bits per heavy atom. The smallest absolute Gasteiger partial charge is 0.137 e. The van der Waals surface area contributed by atoms with Crippen LogP contribution in [0.2, 0.25) is 5.02 Å². The molecule has 0 aliphatic carbocycles. The molecule has 4 rings (SSSR count). The second-order valence-corrected chi connectivity index (χ2v) is 8.68. The zero-order chi connectivity index (χ0) is 22.6. The van der Waals surface area contributed by atoms with Crippen LogP contribution in [-0.4, -0.2) is 68.9 Å². The summed E-state index contributed by atoms with van der Waals surface area (Å²) in [5.74, 6) is -1.45. The van der Waals surface area contributed by atoms with Gasteiger partial charge in [-0.1, -0.05) is 29.8 Å². The first kappa shape index (κ1) is 22.8. The van der Waals surface area contributed by atoms with Crippen molar-refractivity contribution in [1.82, 2.24) is 24.6 Å². The van der Waals surface area contributed by atoms with Gasteiger partial charge in [0.25, 0.3) is 0 Å². The fourth-order valence-corrected chi connectivity index (χ4v) is 4.40. The molecule has 2 heterocycles. The minimum absolute atomic E-state index is 0.0184. The number of aromatic nitrogens is 3. The summed E-state index contributed by atoms with van der Waals surface area (Å²) in [5, 5.41) is 16.3. The van der Waals surface area contributed by atoms with Gasteiger partial charge in [0.1, 0.15) is 29.9 Å². The molecule has 1 unspecified atom stereocenters. The predicted molar refractivity (Wildman–Crippen MR) is 118 cm³/mol. The SMILES string of the molecule is OC(CN1CCN(CCc2cccc(Cl)c2)CC1)(Cn1cncn1)c1ccc(F)cc1F. The third-order valence-electron chi connectivity index (χ3n) is 5.88. The van der Waals surface area contributed by atoms with Gasteiger partial charge in [0.2, 0.25) is 0 Å². The van der Waals surface area contributed by atoms with Crippen LogP contribution >= 0.6 is 11.6 Å². The third-order valence-corrected chi connectivity index (χ3v) is 6.11.